The second-order valence-corrected chi connectivity index (χ2v) is 4.40. The van der Waals surface area contributed by atoms with E-state index in [1.54, 1.807) is 0 Å². The van der Waals surface area contributed by atoms with Crippen molar-refractivity contribution < 1.29 is 39.9 Å². The van der Waals surface area contributed by atoms with E-state index in [-0.39, 0.29) is 12.8 Å². The van der Waals surface area contributed by atoms with Crippen molar-refractivity contribution in [1.82, 2.24) is 5.32 Å². The lowest BCUT2D eigenvalue weighted by molar-refractivity contribution is -0.142. The molecule has 0 aromatic heterocycles. The van der Waals surface area contributed by atoms with Gasteiger partial charge in [-0.3, -0.25) is 19.7 Å². The topological polar surface area (TPSA) is 164 Å². The smallest absolute Gasteiger partial charge is 0.317 e. The molecule has 1 unspecified atom stereocenters. The number of carboxylic acids is 3. The molecule has 0 aliphatic heterocycles. The van der Waals surface area contributed by atoms with Crippen LogP contribution in [0.5, 0.6) is 0 Å². The molecule has 0 saturated heterocycles. The van der Waals surface area contributed by atoms with Crippen LogP contribution in [0.3, 0.4) is 0 Å². The van der Waals surface area contributed by atoms with Crippen LogP contribution in [0, 0.1) is 0 Å². The molecule has 0 aliphatic rings. The van der Waals surface area contributed by atoms with Gasteiger partial charge in [-0.15, -0.1) is 0 Å². The third-order valence-corrected chi connectivity index (χ3v) is 2.87. The Balaban J connectivity index is 4.86. The highest BCUT2D eigenvalue weighted by atomic mass is 16.4. The van der Waals surface area contributed by atoms with Crippen LogP contribution in [0.15, 0.2) is 0 Å². The molecule has 0 aliphatic carbocycles. The number of nitrogens with one attached hydrogen (secondary N) is 1. The van der Waals surface area contributed by atoms with Crippen LogP contribution in [0.25, 0.3) is 0 Å². The average molecular weight is 293 g/mol. The van der Waals surface area contributed by atoms with Crippen molar-refractivity contribution in [2.75, 3.05) is 13.2 Å². The summed E-state index contributed by atoms with van der Waals surface area (Å²) in [4.78, 5) is 31.6. The van der Waals surface area contributed by atoms with Crippen molar-refractivity contribution in [2.24, 2.45) is 0 Å². The molecule has 0 rings (SSSR count). The summed E-state index contributed by atoms with van der Waals surface area (Å²) in [7, 11) is 0. The quantitative estimate of drug-likeness (QED) is 0.265. The lowest BCUT2D eigenvalue weighted by Gasteiger charge is -2.35. The third-order valence-electron chi connectivity index (χ3n) is 2.87. The highest BCUT2D eigenvalue weighted by Crippen LogP contribution is 2.24. The van der Waals surface area contributed by atoms with Crippen molar-refractivity contribution in [3.05, 3.63) is 0 Å². The Bertz CT molecular complexity index is 338. The number of aliphatic hydroxyl groups excluding tert-OH is 1. The van der Waals surface area contributed by atoms with Gasteiger partial charge in [-0.05, 0) is 12.8 Å². The molecule has 0 amide bonds. The van der Waals surface area contributed by atoms with Gasteiger partial charge in [0.1, 0.15) is 0 Å². The predicted molar refractivity (Wildman–Crippen MR) is 65.2 cm³/mol. The maximum absolute atomic E-state index is 10.6. The molecule has 1 atom stereocenters. The second kappa shape index (κ2) is 8.46. The molecule has 0 heterocycles. The lowest BCUT2D eigenvalue weighted by atomic mass is 9.85. The van der Waals surface area contributed by atoms with E-state index in [0.29, 0.717) is 0 Å². The molecule has 0 bridgehead atoms. The van der Waals surface area contributed by atoms with Gasteiger partial charge in [0.2, 0.25) is 0 Å². The molecule has 0 fully saturated rings. The maximum atomic E-state index is 10.6. The summed E-state index contributed by atoms with van der Waals surface area (Å²) < 4.78 is 0. The first-order valence-corrected chi connectivity index (χ1v) is 5.93. The summed E-state index contributed by atoms with van der Waals surface area (Å²) in [5, 5.41) is 47.7. The Morgan fingerprint density at radius 2 is 1.40 bits per heavy atom. The van der Waals surface area contributed by atoms with Gasteiger partial charge in [0.05, 0.1) is 24.8 Å². The summed E-state index contributed by atoms with van der Waals surface area (Å²) in [6.07, 6.45) is -1.45. The average Bonchev–Trinajstić information content (AvgIpc) is 2.34. The summed E-state index contributed by atoms with van der Waals surface area (Å²) in [6.45, 7) is -1.20. The van der Waals surface area contributed by atoms with E-state index in [2.05, 4.69) is 5.32 Å². The van der Waals surface area contributed by atoms with Gasteiger partial charge in [0, 0.05) is 12.8 Å². The summed E-state index contributed by atoms with van der Waals surface area (Å²) in [5.74, 6) is -3.59. The summed E-state index contributed by atoms with van der Waals surface area (Å²) in [6, 6.07) is -1.13. The first-order valence-electron chi connectivity index (χ1n) is 5.93. The first kappa shape index (κ1) is 18.3. The SMILES string of the molecule is O=C(O)CCC(O)(CCC(=O)O)C(CO)NCC(=O)O. The van der Waals surface area contributed by atoms with Crippen LogP contribution in [0.2, 0.25) is 0 Å². The normalized spacial score (nSPS) is 12.9. The van der Waals surface area contributed by atoms with Crippen molar-refractivity contribution in [3.8, 4) is 0 Å². The zero-order valence-electron chi connectivity index (χ0n) is 10.8. The van der Waals surface area contributed by atoms with E-state index in [0.717, 1.165) is 0 Å². The van der Waals surface area contributed by atoms with E-state index >= 15 is 0 Å². The minimum Gasteiger partial charge on any atom is -0.481 e. The highest BCUT2D eigenvalue weighted by Gasteiger charge is 2.37. The third kappa shape index (κ3) is 7.02. The fraction of sp³-hybridized carbons (Fsp3) is 0.727. The van der Waals surface area contributed by atoms with Gasteiger partial charge in [-0.25, -0.2) is 0 Å². The molecular formula is C11H19NO8. The van der Waals surface area contributed by atoms with E-state index < -0.39 is 55.5 Å². The van der Waals surface area contributed by atoms with Crippen molar-refractivity contribution >= 4 is 17.9 Å². The minimum absolute atomic E-state index is 0.298. The fourth-order valence-corrected chi connectivity index (χ4v) is 1.76. The molecular weight excluding hydrogens is 274 g/mol. The van der Waals surface area contributed by atoms with Crippen molar-refractivity contribution in [3.63, 3.8) is 0 Å². The number of hydrogen-bond donors (Lipinski definition) is 6. The zero-order chi connectivity index (χ0) is 15.8. The van der Waals surface area contributed by atoms with Gasteiger partial charge >= 0.3 is 17.9 Å². The van der Waals surface area contributed by atoms with E-state index in [4.69, 9.17) is 15.3 Å². The largest absolute Gasteiger partial charge is 0.481 e. The molecule has 116 valence electrons. The zero-order valence-corrected chi connectivity index (χ0v) is 10.8. The molecule has 20 heavy (non-hydrogen) atoms. The Hall–Kier alpha value is -1.71. The number of carboxylic acid groups (broad SMARTS) is 3. The number of aliphatic hydroxyl groups is 2. The van der Waals surface area contributed by atoms with Crippen molar-refractivity contribution in [1.29, 1.82) is 0 Å². The highest BCUT2D eigenvalue weighted by molar-refractivity contribution is 5.69. The van der Waals surface area contributed by atoms with E-state index in [9.17, 15) is 24.6 Å². The predicted octanol–water partition coefficient (Wildman–Crippen LogP) is -1.52. The Labute approximate surface area is 114 Å². The van der Waals surface area contributed by atoms with Crippen molar-refractivity contribution in [2.45, 2.75) is 37.3 Å². The van der Waals surface area contributed by atoms with Gasteiger partial charge in [0.25, 0.3) is 0 Å². The standard InChI is InChI=1S/C11H19NO8/c13-6-7(12-5-10(18)19)11(20,3-1-8(14)15)4-2-9(16)17/h7,12-13,20H,1-6H2,(H,14,15)(H,16,17)(H,18,19). The maximum Gasteiger partial charge on any atom is 0.317 e. The van der Waals surface area contributed by atoms with Crippen LogP contribution in [-0.2, 0) is 14.4 Å². The first-order chi connectivity index (χ1) is 9.21. The van der Waals surface area contributed by atoms with Crippen LogP contribution in [0.1, 0.15) is 25.7 Å². The number of aliphatic carboxylic acids is 3. The van der Waals surface area contributed by atoms with E-state index in [1.807, 2.05) is 0 Å². The van der Waals surface area contributed by atoms with Gasteiger partial charge in [0.15, 0.2) is 0 Å². The molecule has 0 radical (unpaired) electrons. The molecule has 0 spiro atoms. The van der Waals surface area contributed by atoms with Crippen LogP contribution in [0.4, 0.5) is 0 Å². The van der Waals surface area contributed by atoms with Gasteiger partial charge in [-0.1, -0.05) is 0 Å². The minimum atomic E-state index is -1.82. The summed E-state index contributed by atoms with van der Waals surface area (Å²) in [5.41, 5.74) is -1.82. The number of hydrogen-bond acceptors (Lipinski definition) is 6. The van der Waals surface area contributed by atoms with E-state index in [1.165, 1.54) is 0 Å². The van der Waals surface area contributed by atoms with Gasteiger partial charge in [-0.2, -0.15) is 0 Å². The Morgan fingerprint density at radius 1 is 0.950 bits per heavy atom. The fourth-order valence-electron chi connectivity index (χ4n) is 1.76. The van der Waals surface area contributed by atoms with Crippen LogP contribution < -0.4 is 5.32 Å². The second-order valence-electron chi connectivity index (χ2n) is 4.40. The number of carbonyl (C=O) groups is 3. The Morgan fingerprint density at radius 3 is 1.70 bits per heavy atom. The molecule has 0 saturated carbocycles. The van der Waals surface area contributed by atoms with Crippen LogP contribution in [-0.4, -0.2) is 68.2 Å². The Kier molecular flexibility index (Phi) is 7.74. The molecule has 0 aromatic carbocycles. The lowest BCUT2D eigenvalue weighted by Crippen LogP contribution is -2.54. The summed E-state index contributed by atoms with van der Waals surface area (Å²) >= 11 is 0. The van der Waals surface area contributed by atoms with Gasteiger partial charge < -0.3 is 25.5 Å². The number of rotatable bonds is 11. The van der Waals surface area contributed by atoms with Crippen LogP contribution >= 0.6 is 0 Å². The molecule has 6 N–H and O–H groups in total. The molecule has 9 nitrogen and oxygen atoms in total. The molecule has 0 aromatic rings. The monoisotopic (exact) mass is 293 g/mol. The molecule has 9 heteroatoms.